The topological polar surface area (TPSA) is 118 Å². The van der Waals surface area contributed by atoms with Crippen molar-refractivity contribution in [3.63, 3.8) is 0 Å². The Bertz CT molecular complexity index is 756. The van der Waals surface area contributed by atoms with Gasteiger partial charge in [0, 0.05) is 19.2 Å². The van der Waals surface area contributed by atoms with E-state index in [9.17, 15) is 27.7 Å². The third-order valence-corrected chi connectivity index (χ3v) is 5.80. The molecule has 0 aliphatic carbocycles. The smallest absolute Gasteiger partial charge is 0.306 e. The highest BCUT2D eigenvalue weighted by Gasteiger charge is 2.33. The Morgan fingerprint density at radius 3 is 2.43 bits per heavy atom. The number of carbonyl (C=O) groups is 1. The Labute approximate surface area is 131 Å². The summed E-state index contributed by atoms with van der Waals surface area (Å²) >= 11 is 0. The molecule has 2 rings (SSSR count). The number of halogens is 1. The van der Waals surface area contributed by atoms with Crippen LogP contribution < -0.4 is 0 Å². The predicted molar refractivity (Wildman–Crippen MR) is 76.9 cm³/mol. The first-order valence-electron chi connectivity index (χ1n) is 6.82. The summed E-state index contributed by atoms with van der Waals surface area (Å²) in [6.45, 7) is 1.15. The molecule has 0 atom stereocenters. The van der Waals surface area contributed by atoms with E-state index in [1.54, 1.807) is 0 Å². The number of rotatable bonds is 4. The molecule has 0 radical (unpaired) electrons. The Balaban J connectivity index is 2.34. The standard InChI is InChI=1S/C13H15FN2O6S/c1-8-11(14)6-10(7-12(8)16(19)20)23(21,22)15-4-2-9(3-5-15)13(17)18/h6-7,9H,2-5H2,1H3,(H,17,18). The molecule has 0 spiro atoms. The maximum Gasteiger partial charge on any atom is 0.306 e. The van der Waals surface area contributed by atoms with Gasteiger partial charge in [0.05, 0.1) is 21.3 Å². The number of hydrogen-bond acceptors (Lipinski definition) is 5. The molecule has 0 saturated carbocycles. The summed E-state index contributed by atoms with van der Waals surface area (Å²) in [6.07, 6.45) is 0.288. The van der Waals surface area contributed by atoms with E-state index in [-0.39, 0.29) is 31.5 Å². The van der Waals surface area contributed by atoms with Crippen LogP contribution in [0.4, 0.5) is 10.1 Å². The van der Waals surface area contributed by atoms with Gasteiger partial charge in [-0.25, -0.2) is 12.8 Å². The van der Waals surface area contributed by atoms with Crippen LogP contribution in [0, 0.1) is 28.8 Å². The van der Waals surface area contributed by atoms with Crippen molar-refractivity contribution in [2.75, 3.05) is 13.1 Å². The lowest BCUT2D eigenvalue weighted by Gasteiger charge is -2.29. The van der Waals surface area contributed by atoms with Crippen molar-refractivity contribution >= 4 is 21.7 Å². The van der Waals surface area contributed by atoms with Crippen LogP contribution in [-0.2, 0) is 14.8 Å². The van der Waals surface area contributed by atoms with Crippen LogP contribution >= 0.6 is 0 Å². The number of aliphatic carboxylic acids is 1. The molecule has 1 aromatic carbocycles. The molecule has 1 aliphatic rings. The number of nitrogens with zero attached hydrogens (tertiary/aromatic N) is 2. The van der Waals surface area contributed by atoms with Crippen LogP contribution in [0.15, 0.2) is 17.0 Å². The number of nitro groups is 1. The van der Waals surface area contributed by atoms with Crippen molar-refractivity contribution in [3.05, 3.63) is 33.6 Å². The van der Waals surface area contributed by atoms with Crippen LogP contribution in [-0.4, -0.2) is 41.8 Å². The van der Waals surface area contributed by atoms with Gasteiger partial charge in [-0.05, 0) is 25.8 Å². The van der Waals surface area contributed by atoms with Crippen LogP contribution in [0.3, 0.4) is 0 Å². The minimum absolute atomic E-state index is 0.0252. The number of benzene rings is 1. The van der Waals surface area contributed by atoms with Gasteiger partial charge in [-0.3, -0.25) is 14.9 Å². The first-order chi connectivity index (χ1) is 10.6. The molecule has 0 unspecified atom stereocenters. The fourth-order valence-corrected chi connectivity index (χ4v) is 3.97. The average molecular weight is 346 g/mol. The molecule has 8 nitrogen and oxygen atoms in total. The Morgan fingerprint density at radius 2 is 1.96 bits per heavy atom. The number of sulfonamides is 1. The van der Waals surface area contributed by atoms with Crippen molar-refractivity contribution in [2.45, 2.75) is 24.7 Å². The molecular weight excluding hydrogens is 331 g/mol. The van der Waals surface area contributed by atoms with E-state index in [0.717, 1.165) is 16.4 Å². The number of carboxylic acid groups (broad SMARTS) is 1. The van der Waals surface area contributed by atoms with Gasteiger partial charge in [0.15, 0.2) is 0 Å². The lowest BCUT2D eigenvalue weighted by molar-refractivity contribution is -0.385. The molecule has 1 N–H and O–H groups in total. The highest BCUT2D eigenvalue weighted by atomic mass is 32.2. The van der Waals surface area contributed by atoms with E-state index < -0.39 is 43.2 Å². The zero-order valence-corrected chi connectivity index (χ0v) is 13.0. The van der Waals surface area contributed by atoms with Crippen molar-refractivity contribution in [1.82, 2.24) is 4.31 Å². The van der Waals surface area contributed by atoms with E-state index in [1.807, 2.05) is 0 Å². The van der Waals surface area contributed by atoms with Gasteiger partial charge in [-0.15, -0.1) is 0 Å². The maximum atomic E-state index is 13.8. The summed E-state index contributed by atoms with van der Waals surface area (Å²) in [7, 11) is -4.11. The second kappa shape index (κ2) is 6.20. The van der Waals surface area contributed by atoms with Crippen LogP contribution in [0.5, 0.6) is 0 Å². The van der Waals surface area contributed by atoms with Crippen molar-refractivity contribution in [2.24, 2.45) is 5.92 Å². The highest BCUT2D eigenvalue weighted by Crippen LogP contribution is 2.29. The Kier molecular flexibility index (Phi) is 4.66. The van der Waals surface area contributed by atoms with Gasteiger partial charge in [0.1, 0.15) is 5.82 Å². The normalized spacial score (nSPS) is 17.1. The van der Waals surface area contributed by atoms with E-state index in [4.69, 9.17) is 5.11 Å². The summed E-state index contributed by atoms with van der Waals surface area (Å²) in [5.41, 5.74) is -0.845. The molecule has 1 aliphatic heterocycles. The van der Waals surface area contributed by atoms with E-state index in [1.165, 1.54) is 6.92 Å². The van der Waals surface area contributed by atoms with Gasteiger partial charge < -0.3 is 5.11 Å². The minimum atomic E-state index is -4.11. The van der Waals surface area contributed by atoms with Gasteiger partial charge in [0.2, 0.25) is 10.0 Å². The summed E-state index contributed by atoms with van der Waals surface area (Å²) in [5, 5.41) is 19.8. The molecule has 23 heavy (non-hydrogen) atoms. The first kappa shape index (κ1) is 17.3. The van der Waals surface area contributed by atoms with E-state index >= 15 is 0 Å². The van der Waals surface area contributed by atoms with Gasteiger partial charge in [-0.2, -0.15) is 4.31 Å². The Morgan fingerprint density at radius 1 is 1.39 bits per heavy atom. The monoisotopic (exact) mass is 346 g/mol. The fourth-order valence-electron chi connectivity index (χ4n) is 2.47. The Hall–Kier alpha value is -2.07. The number of nitro benzene ring substituents is 1. The second-order valence-corrected chi connectivity index (χ2v) is 7.26. The fraction of sp³-hybridized carbons (Fsp3) is 0.462. The summed E-state index contributed by atoms with van der Waals surface area (Å²) in [4.78, 5) is 20.5. The molecule has 1 heterocycles. The van der Waals surface area contributed by atoms with Gasteiger partial charge in [0.25, 0.3) is 5.69 Å². The number of hydrogen-bond donors (Lipinski definition) is 1. The highest BCUT2D eigenvalue weighted by molar-refractivity contribution is 7.89. The largest absolute Gasteiger partial charge is 0.481 e. The van der Waals surface area contributed by atoms with Crippen molar-refractivity contribution in [1.29, 1.82) is 0 Å². The van der Waals surface area contributed by atoms with Crippen LogP contribution in [0.25, 0.3) is 0 Å². The van der Waals surface area contributed by atoms with Gasteiger partial charge in [-0.1, -0.05) is 0 Å². The van der Waals surface area contributed by atoms with E-state index in [2.05, 4.69) is 0 Å². The summed E-state index contributed by atoms with van der Waals surface area (Å²) < 4.78 is 39.8. The molecule has 0 bridgehead atoms. The predicted octanol–water partition coefficient (Wildman–Crippen LogP) is 1.53. The van der Waals surface area contributed by atoms with E-state index in [0.29, 0.717) is 0 Å². The lowest BCUT2D eigenvalue weighted by atomic mass is 9.99. The SMILES string of the molecule is Cc1c(F)cc(S(=O)(=O)N2CCC(C(=O)O)CC2)cc1[N+](=O)[O-]. The lowest BCUT2D eigenvalue weighted by Crippen LogP contribution is -2.40. The number of carboxylic acids is 1. The second-order valence-electron chi connectivity index (χ2n) is 5.32. The zero-order valence-electron chi connectivity index (χ0n) is 12.2. The van der Waals surface area contributed by atoms with Crippen molar-refractivity contribution in [3.8, 4) is 0 Å². The third-order valence-electron chi connectivity index (χ3n) is 3.93. The third kappa shape index (κ3) is 3.32. The average Bonchev–Trinajstić information content (AvgIpc) is 2.49. The molecule has 126 valence electrons. The zero-order chi connectivity index (χ0) is 17.4. The summed E-state index contributed by atoms with van der Waals surface area (Å²) in [6, 6.07) is 1.58. The molecule has 0 amide bonds. The molecular formula is C13H15FN2O6S. The minimum Gasteiger partial charge on any atom is -0.481 e. The quantitative estimate of drug-likeness (QED) is 0.652. The van der Waals surface area contributed by atoms with Crippen molar-refractivity contribution < 1.29 is 27.6 Å². The first-order valence-corrected chi connectivity index (χ1v) is 8.26. The molecule has 10 heteroatoms. The number of piperidine rings is 1. The molecule has 0 aromatic heterocycles. The molecule has 1 fully saturated rings. The van der Waals surface area contributed by atoms with Gasteiger partial charge >= 0.3 is 5.97 Å². The van der Waals surface area contributed by atoms with Crippen LogP contribution in [0.2, 0.25) is 0 Å². The van der Waals surface area contributed by atoms with Crippen LogP contribution in [0.1, 0.15) is 18.4 Å². The maximum absolute atomic E-state index is 13.8. The summed E-state index contributed by atoms with van der Waals surface area (Å²) in [5.74, 6) is -2.58. The molecule has 1 aromatic rings. The molecule has 1 saturated heterocycles.